The van der Waals surface area contributed by atoms with E-state index in [4.69, 9.17) is 0 Å². The van der Waals surface area contributed by atoms with Crippen molar-refractivity contribution in [1.82, 2.24) is 20.9 Å². The fourth-order valence-corrected chi connectivity index (χ4v) is 2.73. The van der Waals surface area contributed by atoms with E-state index < -0.39 is 6.03 Å². The Balaban J connectivity index is 0.00000180. The molecule has 0 spiro atoms. The van der Waals surface area contributed by atoms with Crippen molar-refractivity contribution in [3.63, 3.8) is 0 Å². The molecule has 6 nitrogen and oxygen atoms in total. The van der Waals surface area contributed by atoms with Gasteiger partial charge in [-0.05, 0) is 25.8 Å². The van der Waals surface area contributed by atoms with Gasteiger partial charge in [0.1, 0.15) is 0 Å². The summed E-state index contributed by atoms with van der Waals surface area (Å²) in [4.78, 5) is 24.8. The molecule has 0 saturated carbocycles. The van der Waals surface area contributed by atoms with Crippen LogP contribution < -0.4 is 16.0 Å². The van der Waals surface area contributed by atoms with Crippen LogP contribution in [0.15, 0.2) is 0 Å². The minimum absolute atomic E-state index is 0. The molecule has 2 bridgehead atoms. The molecule has 2 saturated heterocycles. The van der Waals surface area contributed by atoms with Crippen LogP contribution in [0.25, 0.3) is 0 Å². The zero-order valence-electron chi connectivity index (χ0n) is 11.3. The Morgan fingerprint density at radius 2 is 2.00 bits per heavy atom. The summed E-state index contributed by atoms with van der Waals surface area (Å²) in [6.45, 7) is 2.79. The number of nitrogens with one attached hydrogen (secondary N) is 3. The van der Waals surface area contributed by atoms with Gasteiger partial charge >= 0.3 is 6.03 Å². The Hall–Kier alpha value is -0.850. The van der Waals surface area contributed by atoms with Gasteiger partial charge in [-0.15, -0.1) is 12.4 Å². The lowest BCUT2D eigenvalue weighted by Gasteiger charge is -2.23. The van der Waals surface area contributed by atoms with Crippen molar-refractivity contribution in [2.24, 2.45) is 0 Å². The number of fused-ring (bicyclic) bond motifs is 2. The Morgan fingerprint density at radius 1 is 1.26 bits per heavy atom. The van der Waals surface area contributed by atoms with Crippen LogP contribution in [-0.4, -0.2) is 55.6 Å². The van der Waals surface area contributed by atoms with Gasteiger partial charge in [0.05, 0.1) is 0 Å². The molecule has 0 aromatic carbocycles. The van der Waals surface area contributed by atoms with Crippen LogP contribution >= 0.6 is 12.4 Å². The van der Waals surface area contributed by atoms with Crippen LogP contribution in [0.5, 0.6) is 0 Å². The van der Waals surface area contributed by atoms with Gasteiger partial charge in [-0.25, -0.2) is 4.79 Å². The van der Waals surface area contributed by atoms with Gasteiger partial charge in [0, 0.05) is 38.6 Å². The number of halogens is 1. The molecule has 2 aliphatic rings. The first-order chi connectivity index (χ1) is 8.67. The van der Waals surface area contributed by atoms with Gasteiger partial charge in [-0.1, -0.05) is 0 Å². The smallest absolute Gasteiger partial charge is 0.321 e. The highest BCUT2D eigenvalue weighted by Gasteiger charge is 2.29. The van der Waals surface area contributed by atoms with E-state index in [0.717, 1.165) is 26.1 Å². The van der Waals surface area contributed by atoms with E-state index >= 15 is 0 Å². The van der Waals surface area contributed by atoms with Crippen LogP contribution in [-0.2, 0) is 4.79 Å². The lowest BCUT2D eigenvalue weighted by Crippen LogP contribution is -2.40. The van der Waals surface area contributed by atoms with Crippen LogP contribution in [0.3, 0.4) is 0 Å². The average molecular weight is 291 g/mol. The molecular weight excluding hydrogens is 268 g/mol. The van der Waals surface area contributed by atoms with Gasteiger partial charge < -0.3 is 15.5 Å². The minimum Gasteiger partial charge on any atom is -0.341 e. The molecule has 0 aromatic heterocycles. The fourth-order valence-electron chi connectivity index (χ4n) is 2.73. The predicted molar refractivity (Wildman–Crippen MR) is 75.5 cm³/mol. The number of imide groups is 1. The molecule has 2 rings (SSSR count). The number of amides is 3. The SMILES string of the molecule is CNC(=O)NC(=O)CCN1CCC2CCC(C1)N2.Cl. The maximum atomic E-state index is 11.5. The molecule has 2 aliphatic heterocycles. The summed E-state index contributed by atoms with van der Waals surface area (Å²) in [5.74, 6) is -0.211. The summed E-state index contributed by atoms with van der Waals surface area (Å²) in [6.07, 6.45) is 4.07. The van der Waals surface area contributed by atoms with Crippen molar-refractivity contribution in [2.75, 3.05) is 26.7 Å². The first-order valence-electron chi connectivity index (χ1n) is 6.67. The number of carbonyl (C=O) groups is 2. The molecule has 2 heterocycles. The van der Waals surface area contributed by atoms with Crippen molar-refractivity contribution in [3.05, 3.63) is 0 Å². The van der Waals surface area contributed by atoms with Gasteiger partial charge in [0.15, 0.2) is 0 Å². The van der Waals surface area contributed by atoms with Crippen molar-refractivity contribution < 1.29 is 9.59 Å². The van der Waals surface area contributed by atoms with Crippen molar-refractivity contribution in [3.8, 4) is 0 Å². The number of hydrogen-bond acceptors (Lipinski definition) is 4. The van der Waals surface area contributed by atoms with Gasteiger partial charge in [0.2, 0.25) is 5.91 Å². The zero-order chi connectivity index (χ0) is 13.0. The van der Waals surface area contributed by atoms with Gasteiger partial charge in [0.25, 0.3) is 0 Å². The third kappa shape index (κ3) is 4.97. The molecule has 3 amide bonds. The zero-order valence-corrected chi connectivity index (χ0v) is 12.1. The van der Waals surface area contributed by atoms with Crippen LogP contribution in [0.1, 0.15) is 25.7 Å². The normalized spacial score (nSPS) is 26.2. The molecule has 2 atom stereocenters. The van der Waals surface area contributed by atoms with E-state index in [9.17, 15) is 9.59 Å². The standard InChI is InChI=1S/C12H22N4O2.ClH/c1-13-12(18)15-11(17)5-7-16-6-4-9-2-3-10(8-16)14-9;/h9-10,14H,2-8H2,1H3,(H2,13,15,17,18);1H. The largest absolute Gasteiger partial charge is 0.341 e. The van der Waals surface area contributed by atoms with Crippen LogP contribution in [0.2, 0.25) is 0 Å². The molecule has 2 fully saturated rings. The highest BCUT2D eigenvalue weighted by Crippen LogP contribution is 2.20. The number of nitrogens with zero attached hydrogens (tertiary/aromatic N) is 1. The Morgan fingerprint density at radius 3 is 2.74 bits per heavy atom. The van der Waals surface area contributed by atoms with E-state index in [1.54, 1.807) is 0 Å². The second-order valence-corrected chi connectivity index (χ2v) is 5.10. The lowest BCUT2D eigenvalue weighted by molar-refractivity contribution is -0.120. The van der Waals surface area contributed by atoms with E-state index in [0.29, 0.717) is 18.5 Å². The van der Waals surface area contributed by atoms with Crippen LogP contribution in [0, 0.1) is 0 Å². The summed E-state index contributed by atoms with van der Waals surface area (Å²) < 4.78 is 0. The average Bonchev–Trinajstić information content (AvgIpc) is 2.68. The highest BCUT2D eigenvalue weighted by molar-refractivity contribution is 5.94. The summed E-state index contributed by atoms with van der Waals surface area (Å²) in [7, 11) is 1.50. The quantitative estimate of drug-likeness (QED) is 0.688. The van der Waals surface area contributed by atoms with Gasteiger partial charge in [-0.2, -0.15) is 0 Å². The molecule has 110 valence electrons. The van der Waals surface area contributed by atoms with E-state index in [1.165, 1.54) is 19.9 Å². The van der Waals surface area contributed by atoms with Crippen molar-refractivity contribution >= 4 is 24.3 Å². The molecule has 0 aromatic rings. The number of likely N-dealkylation sites (tertiary alicyclic amines) is 1. The van der Waals surface area contributed by atoms with E-state index in [1.807, 2.05) is 0 Å². The van der Waals surface area contributed by atoms with Crippen LogP contribution in [0.4, 0.5) is 4.79 Å². The molecule has 3 N–H and O–H groups in total. The monoisotopic (exact) mass is 290 g/mol. The number of urea groups is 1. The van der Waals surface area contributed by atoms with E-state index in [2.05, 4.69) is 20.9 Å². The molecule has 19 heavy (non-hydrogen) atoms. The predicted octanol–water partition coefficient (Wildman–Crippen LogP) is 0.0802. The van der Waals surface area contributed by atoms with E-state index in [-0.39, 0.29) is 18.3 Å². The second-order valence-electron chi connectivity index (χ2n) is 5.10. The fraction of sp³-hybridized carbons (Fsp3) is 0.833. The summed E-state index contributed by atoms with van der Waals surface area (Å²) in [5.41, 5.74) is 0. The lowest BCUT2D eigenvalue weighted by atomic mass is 10.1. The van der Waals surface area contributed by atoms with Crippen molar-refractivity contribution in [2.45, 2.75) is 37.8 Å². The Bertz CT molecular complexity index is 327. The number of rotatable bonds is 3. The molecular formula is C12H23ClN4O2. The first kappa shape index (κ1) is 16.2. The maximum Gasteiger partial charge on any atom is 0.321 e. The Kier molecular flexibility index (Phi) is 6.54. The molecule has 0 aliphatic carbocycles. The maximum absolute atomic E-state index is 11.5. The van der Waals surface area contributed by atoms with Crippen molar-refractivity contribution in [1.29, 1.82) is 0 Å². The third-order valence-electron chi connectivity index (χ3n) is 3.74. The molecule has 2 unspecified atom stereocenters. The second kappa shape index (κ2) is 7.67. The summed E-state index contributed by atoms with van der Waals surface area (Å²) in [6, 6.07) is 0.816. The number of hydrogen-bond donors (Lipinski definition) is 3. The summed E-state index contributed by atoms with van der Waals surface area (Å²) >= 11 is 0. The Labute approximate surface area is 120 Å². The third-order valence-corrected chi connectivity index (χ3v) is 3.74. The minimum atomic E-state index is -0.434. The molecule has 0 radical (unpaired) electrons. The summed E-state index contributed by atoms with van der Waals surface area (Å²) in [5, 5.41) is 8.26. The van der Waals surface area contributed by atoms with Gasteiger partial charge in [-0.3, -0.25) is 10.1 Å². The number of carbonyl (C=O) groups excluding carboxylic acids is 2. The highest BCUT2D eigenvalue weighted by atomic mass is 35.5. The topological polar surface area (TPSA) is 73.5 Å². The first-order valence-corrected chi connectivity index (χ1v) is 6.67. The molecule has 7 heteroatoms.